The molecule has 2 aromatic heterocycles. The van der Waals surface area contributed by atoms with Crippen LogP contribution in [0.25, 0.3) is 0 Å². The molecule has 0 radical (unpaired) electrons. The van der Waals surface area contributed by atoms with Crippen molar-refractivity contribution in [2.75, 3.05) is 12.3 Å². The summed E-state index contributed by atoms with van der Waals surface area (Å²) in [5, 5.41) is 1.09. The molecule has 2 aromatic rings. The summed E-state index contributed by atoms with van der Waals surface area (Å²) >= 11 is 1.26. The number of hydrogen-bond donors (Lipinski definition) is 1. The van der Waals surface area contributed by atoms with Crippen molar-refractivity contribution in [2.24, 2.45) is 0 Å². The van der Waals surface area contributed by atoms with Gasteiger partial charge < -0.3 is 14.9 Å². The van der Waals surface area contributed by atoms with Crippen LogP contribution in [0.2, 0.25) is 0 Å². The third kappa shape index (κ3) is 2.56. The SMILES string of the molecule is CCOc1ncnc(Sc2nc(C)c(C)o2)c1N. The molecule has 0 bridgehead atoms. The van der Waals surface area contributed by atoms with Gasteiger partial charge in [0.15, 0.2) is 0 Å². The number of nitrogens with zero attached hydrogens (tertiary/aromatic N) is 3. The van der Waals surface area contributed by atoms with Crippen molar-refractivity contribution in [3.8, 4) is 5.88 Å². The van der Waals surface area contributed by atoms with Crippen LogP contribution in [0.4, 0.5) is 5.69 Å². The number of oxazole rings is 1. The van der Waals surface area contributed by atoms with E-state index in [1.807, 2.05) is 20.8 Å². The lowest BCUT2D eigenvalue weighted by Gasteiger charge is -2.06. The van der Waals surface area contributed by atoms with Crippen LogP contribution in [0.5, 0.6) is 5.88 Å². The predicted octanol–water partition coefficient (Wildman–Crippen LogP) is 2.21. The van der Waals surface area contributed by atoms with Crippen molar-refractivity contribution < 1.29 is 9.15 Å². The van der Waals surface area contributed by atoms with Gasteiger partial charge in [0.05, 0.1) is 12.3 Å². The number of aryl methyl sites for hydroxylation is 2. The summed E-state index contributed by atoms with van der Waals surface area (Å²) in [5.41, 5.74) is 7.18. The molecular weight excluding hydrogens is 252 g/mol. The molecule has 6 nitrogen and oxygen atoms in total. The molecule has 18 heavy (non-hydrogen) atoms. The lowest BCUT2D eigenvalue weighted by atomic mass is 10.4. The molecule has 2 heterocycles. The highest BCUT2D eigenvalue weighted by Crippen LogP contribution is 2.34. The number of nitrogens with two attached hydrogens (primary N) is 1. The molecule has 2 N–H and O–H groups in total. The molecule has 0 aliphatic rings. The third-order valence-electron chi connectivity index (χ3n) is 2.28. The zero-order valence-corrected chi connectivity index (χ0v) is 11.2. The Morgan fingerprint density at radius 1 is 1.39 bits per heavy atom. The van der Waals surface area contributed by atoms with Crippen LogP contribution >= 0.6 is 11.8 Å². The number of rotatable bonds is 4. The van der Waals surface area contributed by atoms with Crippen LogP contribution in [0.15, 0.2) is 21.0 Å². The highest BCUT2D eigenvalue weighted by molar-refractivity contribution is 7.99. The van der Waals surface area contributed by atoms with Gasteiger partial charge >= 0.3 is 0 Å². The molecule has 0 aromatic carbocycles. The Hall–Kier alpha value is -1.76. The van der Waals surface area contributed by atoms with Gasteiger partial charge in [0, 0.05) is 0 Å². The predicted molar refractivity (Wildman–Crippen MR) is 67.7 cm³/mol. The highest BCUT2D eigenvalue weighted by Gasteiger charge is 2.14. The molecule has 0 amide bonds. The Morgan fingerprint density at radius 3 is 2.78 bits per heavy atom. The first-order valence-electron chi connectivity index (χ1n) is 5.47. The van der Waals surface area contributed by atoms with E-state index < -0.39 is 0 Å². The molecule has 0 unspecified atom stereocenters. The van der Waals surface area contributed by atoms with Crippen molar-refractivity contribution in [1.82, 2.24) is 15.0 Å². The van der Waals surface area contributed by atoms with E-state index in [2.05, 4.69) is 15.0 Å². The lowest BCUT2D eigenvalue weighted by Crippen LogP contribution is -2.02. The standard InChI is InChI=1S/C11H14N4O2S/c1-4-16-9-8(12)10(14-5-13-9)18-11-15-6(2)7(3)17-11/h5H,4,12H2,1-3H3. The molecule has 0 atom stereocenters. The van der Waals surface area contributed by atoms with Gasteiger partial charge in [-0.3, -0.25) is 0 Å². The molecule has 7 heteroatoms. The average molecular weight is 266 g/mol. The normalized spacial score (nSPS) is 10.6. The first-order valence-corrected chi connectivity index (χ1v) is 6.28. The zero-order valence-electron chi connectivity index (χ0n) is 10.4. The average Bonchev–Trinajstić information content (AvgIpc) is 2.64. The Morgan fingerprint density at radius 2 is 2.17 bits per heavy atom. The molecule has 0 saturated carbocycles. The number of anilines is 1. The van der Waals surface area contributed by atoms with E-state index in [9.17, 15) is 0 Å². The summed E-state index contributed by atoms with van der Waals surface area (Å²) in [6.45, 7) is 6.12. The van der Waals surface area contributed by atoms with Crippen LogP contribution in [0.3, 0.4) is 0 Å². The van der Waals surface area contributed by atoms with Crippen LogP contribution < -0.4 is 10.5 Å². The van der Waals surface area contributed by atoms with Gasteiger partial charge in [-0.05, 0) is 32.5 Å². The van der Waals surface area contributed by atoms with Crippen molar-refractivity contribution in [3.63, 3.8) is 0 Å². The smallest absolute Gasteiger partial charge is 0.262 e. The second-order valence-electron chi connectivity index (χ2n) is 3.55. The number of ether oxygens (including phenoxy) is 1. The maximum Gasteiger partial charge on any atom is 0.262 e. The summed E-state index contributed by atoms with van der Waals surface area (Å²) in [7, 11) is 0. The van der Waals surface area contributed by atoms with Gasteiger partial charge in [-0.15, -0.1) is 0 Å². The van der Waals surface area contributed by atoms with E-state index in [4.69, 9.17) is 14.9 Å². The Kier molecular flexibility index (Phi) is 3.71. The Balaban J connectivity index is 2.26. The molecule has 0 saturated heterocycles. The van der Waals surface area contributed by atoms with E-state index in [0.29, 0.717) is 28.4 Å². The van der Waals surface area contributed by atoms with Crippen LogP contribution in [0.1, 0.15) is 18.4 Å². The second kappa shape index (κ2) is 5.26. The summed E-state index contributed by atoms with van der Waals surface area (Å²) < 4.78 is 10.8. The van der Waals surface area contributed by atoms with Crippen LogP contribution in [-0.4, -0.2) is 21.6 Å². The fourth-order valence-corrected chi connectivity index (χ4v) is 2.08. The van der Waals surface area contributed by atoms with Crippen molar-refractivity contribution in [3.05, 3.63) is 17.8 Å². The van der Waals surface area contributed by atoms with Crippen LogP contribution in [-0.2, 0) is 0 Å². The minimum Gasteiger partial charge on any atom is -0.476 e. The number of nitrogen functional groups attached to an aromatic ring is 1. The fourth-order valence-electron chi connectivity index (χ4n) is 1.27. The molecule has 0 aliphatic carbocycles. The van der Waals surface area contributed by atoms with Crippen molar-refractivity contribution in [1.29, 1.82) is 0 Å². The summed E-state index contributed by atoms with van der Waals surface area (Å²) in [5.74, 6) is 1.17. The monoisotopic (exact) mass is 266 g/mol. The van der Waals surface area contributed by atoms with E-state index >= 15 is 0 Å². The van der Waals surface area contributed by atoms with E-state index in [1.54, 1.807) is 0 Å². The van der Waals surface area contributed by atoms with E-state index in [-0.39, 0.29) is 0 Å². The van der Waals surface area contributed by atoms with Gasteiger partial charge in [0.1, 0.15) is 22.8 Å². The number of aromatic nitrogens is 3. The minimum absolute atomic E-state index is 0.384. The van der Waals surface area contributed by atoms with Gasteiger partial charge in [-0.1, -0.05) is 0 Å². The van der Waals surface area contributed by atoms with Gasteiger partial charge in [-0.2, -0.15) is 4.98 Å². The van der Waals surface area contributed by atoms with Crippen LogP contribution in [0, 0.1) is 13.8 Å². The Labute approximate surface area is 109 Å². The lowest BCUT2D eigenvalue weighted by molar-refractivity contribution is 0.327. The number of hydrogen-bond acceptors (Lipinski definition) is 7. The molecule has 0 spiro atoms. The zero-order chi connectivity index (χ0) is 13.1. The topological polar surface area (TPSA) is 87.1 Å². The third-order valence-corrected chi connectivity index (χ3v) is 3.15. The maximum atomic E-state index is 5.92. The van der Waals surface area contributed by atoms with Gasteiger partial charge in [0.25, 0.3) is 5.22 Å². The van der Waals surface area contributed by atoms with Crippen molar-refractivity contribution in [2.45, 2.75) is 31.0 Å². The van der Waals surface area contributed by atoms with E-state index in [0.717, 1.165) is 11.5 Å². The maximum absolute atomic E-state index is 5.92. The summed E-state index contributed by atoms with van der Waals surface area (Å²) in [6, 6.07) is 0. The van der Waals surface area contributed by atoms with E-state index in [1.165, 1.54) is 18.1 Å². The first kappa shape index (κ1) is 12.7. The molecule has 0 aliphatic heterocycles. The fraction of sp³-hybridized carbons (Fsp3) is 0.364. The van der Waals surface area contributed by atoms with Gasteiger partial charge in [-0.25, -0.2) is 9.97 Å². The second-order valence-corrected chi connectivity index (χ2v) is 4.49. The molecule has 2 rings (SSSR count). The minimum atomic E-state index is 0.384. The molecular formula is C11H14N4O2S. The van der Waals surface area contributed by atoms with Gasteiger partial charge in [0.2, 0.25) is 5.88 Å². The quantitative estimate of drug-likeness (QED) is 0.849. The van der Waals surface area contributed by atoms with Crippen molar-refractivity contribution >= 4 is 17.4 Å². The molecule has 96 valence electrons. The summed E-state index contributed by atoms with van der Waals surface area (Å²) in [4.78, 5) is 12.3. The first-order chi connectivity index (χ1) is 8.61. The largest absolute Gasteiger partial charge is 0.476 e. The summed E-state index contributed by atoms with van der Waals surface area (Å²) in [6.07, 6.45) is 1.41. The Bertz CT molecular complexity index is 536. The highest BCUT2D eigenvalue weighted by atomic mass is 32.2. The molecule has 0 fully saturated rings.